The van der Waals surface area contributed by atoms with Crippen LogP contribution in [0.2, 0.25) is 0 Å². The molecule has 3 nitrogen and oxygen atoms in total. The fourth-order valence-electron chi connectivity index (χ4n) is 4.38. The van der Waals surface area contributed by atoms with Crippen LogP contribution in [0.1, 0.15) is 33.1 Å². The summed E-state index contributed by atoms with van der Waals surface area (Å²) in [4.78, 5) is 23.1. The van der Waals surface area contributed by atoms with Crippen LogP contribution in [-0.2, 0) is 14.3 Å². The van der Waals surface area contributed by atoms with Crippen molar-refractivity contribution in [1.82, 2.24) is 0 Å². The van der Waals surface area contributed by atoms with Gasteiger partial charge in [0.15, 0.2) is 0 Å². The Morgan fingerprint density at radius 2 is 2.12 bits per heavy atom. The topological polar surface area (TPSA) is 43.4 Å². The van der Waals surface area contributed by atoms with E-state index in [0.29, 0.717) is 17.8 Å². The smallest absolute Gasteiger partial charge is 0.309 e. The molecule has 2 rings (SSSR count). The molecule has 2 aliphatic carbocycles. The predicted molar refractivity (Wildman–Crippen MR) is 64.2 cm³/mol. The maximum atomic E-state index is 11.9. The van der Waals surface area contributed by atoms with Crippen molar-refractivity contribution in [3.63, 3.8) is 0 Å². The summed E-state index contributed by atoms with van der Waals surface area (Å²) in [7, 11) is 1.45. The lowest BCUT2D eigenvalue weighted by Crippen LogP contribution is -2.40. The first-order valence-corrected chi connectivity index (χ1v) is 6.67. The largest absolute Gasteiger partial charge is 0.469 e. The van der Waals surface area contributed by atoms with E-state index in [2.05, 4.69) is 13.8 Å². The SMILES string of the molecule is CCC1C2CC(C=O)C(C2)C(C(=O)OC)C1C. The van der Waals surface area contributed by atoms with Crippen molar-refractivity contribution in [3.05, 3.63) is 0 Å². The fraction of sp³-hybridized carbons (Fsp3) is 0.857. The van der Waals surface area contributed by atoms with Crippen molar-refractivity contribution >= 4 is 12.3 Å². The minimum absolute atomic E-state index is 0.0705. The average molecular weight is 238 g/mol. The Balaban J connectivity index is 2.28. The van der Waals surface area contributed by atoms with E-state index in [4.69, 9.17) is 4.74 Å². The zero-order valence-corrected chi connectivity index (χ0v) is 10.9. The van der Waals surface area contributed by atoms with Crippen molar-refractivity contribution in [2.24, 2.45) is 35.5 Å². The fourth-order valence-corrected chi connectivity index (χ4v) is 4.38. The highest BCUT2D eigenvalue weighted by Gasteiger charge is 2.52. The third-order valence-electron chi connectivity index (χ3n) is 5.13. The van der Waals surface area contributed by atoms with Gasteiger partial charge in [-0.1, -0.05) is 20.3 Å². The van der Waals surface area contributed by atoms with Crippen molar-refractivity contribution in [2.45, 2.75) is 33.1 Å². The molecule has 2 saturated carbocycles. The van der Waals surface area contributed by atoms with E-state index in [9.17, 15) is 9.59 Å². The summed E-state index contributed by atoms with van der Waals surface area (Å²) < 4.78 is 4.94. The van der Waals surface area contributed by atoms with E-state index >= 15 is 0 Å². The minimum Gasteiger partial charge on any atom is -0.469 e. The Labute approximate surface area is 103 Å². The molecule has 0 aromatic rings. The molecule has 6 unspecified atom stereocenters. The van der Waals surface area contributed by atoms with Crippen LogP contribution >= 0.6 is 0 Å². The first-order chi connectivity index (χ1) is 8.13. The maximum Gasteiger partial charge on any atom is 0.309 e. The molecule has 17 heavy (non-hydrogen) atoms. The highest BCUT2D eigenvalue weighted by atomic mass is 16.5. The number of methoxy groups -OCH3 is 1. The highest BCUT2D eigenvalue weighted by molar-refractivity contribution is 5.74. The zero-order valence-electron chi connectivity index (χ0n) is 10.9. The van der Waals surface area contributed by atoms with E-state index in [1.54, 1.807) is 0 Å². The van der Waals surface area contributed by atoms with Gasteiger partial charge in [0, 0.05) is 5.92 Å². The first-order valence-electron chi connectivity index (χ1n) is 6.67. The molecule has 2 bridgehead atoms. The van der Waals surface area contributed by atoms with Crippen LogP contribution in [0, 0.1) is 35.5 Å². The predicted octanol–water partition coefficient (Wildman–Crippen LogP) is 2.29. The molecular formula is C14H22O3. The van der Waals surface area contributed by atoms with Crippen LogP contribution in [0.3, 0.4) is 0 Å². The third kappa shape index (κ3) is 1.90. The number of hydrogen-bond donors (Lipinski definition) is 0. The van der Waals surface area contributed by atoms with E-state index in [1.165, 1.54) is 7.11 Å². The first kappa shape index (κ1) is 12.6. The third-order valence-corrected chi connectivity index (χ3v) is 5.13. The second-order valence-corrected chi connectivity index (χ2v) is 5.68. The van der Waals surface area contributed by atoms with Gasteiger partial charge < -0.3 is 9.53 Å². The molecule has 0 heterocycles. The molecule has 0 aliphatic heterocycles. The number of aldehydes is 1. The van der Waals surface area contributed by atoms with Crippen LogP contribution in [0.25, 0.3) is 0 Å². The van der Waals surface area contributed by atoms with Crippen LogP contribution in [0.4, 0.5) is 0 Å². The maximum absolute atomic E-state index is 11.9. The summed E-state index contributed by atoms with van der Waals surface area (Å²) in [6.45, 7) is 4.34. The number of fused-ring (bicyclic) bond motifs is 2. The van der Waals surface area contributed by atoms with Gasteiger partial charge in [-0.05, 0) is 36.5 Å². The quantitative estimate of drug-likeness (QED) is 0.559. The standard InChI is InChI=1S/C14H22O3/c1-4-11-8(2)13(14(16)17-3)12-6-9(11)5-10(12)7-15/h7-13H,4-6H2,1-3H3. The normalized spacial score (nSPS) is 44.4. The van der Waals surface area contributed by atoms with Crippen molar-refractivity contribution in [3.8, 4) is 0 Å². The van der Waals surface area contributed by atoms with Gasteiger partial charge in [0.05, 0.1) is 13.0 Å². The number of carbonyl (C=O) groups excluding carboxylic acids is 2. The van der Waals surface area contributed by atoms with Gasteiger partial charge in [-0.15, -0.1) is 0 Å². The number of ether oxygens (including phenoxy) is 1. The summed E-state index contributed by atoms with van der Waals surface area (Å²) in [5.41, 5.74) is 0. The van der Waals surface area contributed by atoms with Crippen molar-refractivity contribution in [1.29, 1.82) is 0 Å². The molecule has 0 spiro atoms. The lowest BCUT2D eigenvalue weighted by molar-refractivity contribution is -0.153. The second-order valence-electron chi connectivity index (χ2n) is 5.68. The van der Waals surface area contributed by atoms with Crippen LogP contribution in [-0.4, -0.2) is 19.4 Å². The van der Waals surface area contributed by atoms with Gasteiger partial charge in [0.1, 0.15) is 6.29 Å². The Morgan fingerprint density at radius 3 is 2.65 bits per heavy atom. The van der Waals surface area contributed by atoms with E-state index in [0.717, 1.165) is 25.5 Å². The summed E-state index contributed by atoms with van der Waals surface area (Å²) in [6, 6.07) is 0. The van der Waals surface area contributed by atoms with E-state index < -0.39 is 0 Å². The van der Waals surface area contributed by atoms with Gasteiger partial charge in [0.25, 0.3) is 0 Å². The lowest BCUT2D eigenvalue weighted by atomic mass is 9.65. The summed E-state index contributed by atoms with van der Waals surface area (Å²) in [5, 5.41) is 0. The Kier molecular flexibility index (Phi) is 3.55. The summed E-state index contributed by atoms with van der Waals surface area (Å²) in [5.74, 6) is 1.66. The van der Waals surface area contributed by atoms with Crippen LogP contribution < -0.4 is 0 Å². The Bertz CT molecular complexity index is 313. The van der Waals surface area contributed by atoms with Gasteiger partial charge in [0.2, 0.25) is 0 Å². The molecule has 0 N–H and O–H groups in total. The number of esters is 1. The molecule has 3 heteroatoms. The molecule has 6 atom stereocenters. The molecule has 2 aliphatic rings. The van der Waals surface area contributed by atoms with Crippen molar-refractivity contribution < 1.29 is 14.3 Å². The molecular weight excluding hydrogens is 216 g/mol. The second kappa shape index (κ2) is 4.79. The van der Waals surface area contributed by atoms with Gasteiger partial charge in [-0.3, -0.25) is 4.79 Å². The van der Waals surface area contributed by atoms with E-state index in [1.807, 2.05) is 0 Å². The molecule has 96 valence electrons. The van der Waals surface area contributed by atoms with Crippen LogP contribution in [0.5, 0.6) is 0 Å². The van der Waals surface area contributed by atoms with E-state index in [-0.39, 0.29) is 23.7 Å². The van der Waals surface area contributed by atoms with Gasteiger partial charge >= 0.3 is 5.97 Å². The summed E-state index contributed by atoms with van der Waals surface area (Å²) >= 11 is 0. The van der Waals surface area contributed by atoms with Crippen molar-refractivity contribution in [2.75, 3.05) is 7.11 Å². The van der Waals surface area contributed by atoms with Gasteiger partial charge in [-0.25, -0.2) is 0 Å². The number of rotatable bonds is 3. The molecule has 0 aromatic carbocycles. The molecule has 0 saturated heterocycles. The molecule has 0 amide bonds. The molecule has 2 fully saturated rings. The molecule has 0 radical (unpaired) electrons. The average Bonchev–Trinajstić information content (AvgIpc) is 2.69. The number of carbonyl (C=O) groups is 2. The zero-order chi connectivity index (χ0) is 12.6. The molecule has 0 aromatic heterocycles. The summed E-state index contributed by atoms with van der Waals surface area (Å²) in [6.07, 6.45) is 4.17. The monoisotopic (exact) mass is 238 g/mol. The Hall–Kier alpha value is -0.860. The van der Waals surface area contributed by atoms with Crippen LogP contribution in [0.15, 0.2) is 0 Å². The van der Waals surface area contributed by atoms with Gasteiger partial charge in [-0.2, -0.15) is 0 Å². The minimum atomic E-state index is -0.117. The lowest BCUT2D eigenvalue weighted by Gasteiger charge is -2.39. The highest BCUT2D eigenvalue weighted by Crippen LogP contribution is 2.54. The Morgan fingerprint density at radius 1 is 1.41 bits per heavy atom. The number of hydrogen-bond acceptors (Lipinski definition) is 3.